The van der Waals surface area contributed by atoms with Gasteiger partial charge in [0.2, 0.25) is 0 Å². The van der Waals surface area contributed by atoms with Gasteiger partial charge in [-0.1, -0.05) is 12.1 Å². The van der Waals surface area contributed by atoms with Gasteiger partial charge in [-0.25, -0.2) is 0 Å². The molecule has 1 aromatic rings. The van der Waals surface area contributed by atoms with Gasteiger partial charge in [-0.15, -0.1) is 0 Å². The van der Waals surface area contributed by atoms with Crippen molar-refractivity contribution in [3.05, 3.63) is 33.4 Å². The van der Waals surface area contributed by atoms with Crippen LogP contribution in [0.3, 0.4) is 0 Å². The molecule has 0 aliphatic carbocycles. The highest BCUT2D eigenvalue weighted by Crippen LogP contribution is 2.08. The molecular formula is C8H8BIO. The van der Waals surface area contributed by atoms with E-state index in [1.165, 1.54) is 0 Å². The number of benzene rings is 1. The van der Waals surface area contributed by atoms with Gasteiger partial charge in [-0.05, 0) is 41.0 Å². The molecule has 0 radical (unpaired) electrons. The van der Waals surface area contributed by atoms with E-state index in [-0.39, 0.29) is 5.78 Å². The molecule has 56 valence electrons. The van der Waals surface area contributed by atoms with E-state index in [0.29, 0.717) is 6.32 Å². The lowest BCUT2D eigenvalue weighted by atomic mass is 9.96. The van der Waals surface area contributed by atoms with Crippen LogP contribution in [0.4, 0.5) is 0 Å². The number of rotatable bonds is 2. The first-order valence-electron chi connectivity index (χ1n) is 3.53. The van der Waals surface area contributed by atoms with E-state index in [2.05, 4.69) is 22.6 Å². The number of carbonyl (C=O) groups is 1. The molecule has 11 heavy (non-hydrogen) atoms. The normalized spacial score (nSPS) is 9.55. The Labute approximate surface area is 80.7 Å². The van der Waals surface area contributed by atoms with E-state index in [1.807, 2.05) is 32.1 Å². The Bertz CT molecular complexity index is 273. The zero-order valence-electron chi connectivity index (χ0n) is 6.30. The van der Waals surface area contributed by atoms with Gasteiger partial charge in [0.1, 0.15) is 7.85 Å². The third kappa shape index (κ3) is 2.32. The number of ketones is 1. The van der Waals surface area contributed by atoms with Crippen LogP contribution in [0.2, 0.25) is 6.32 Å². The molecule has 0 aliphatic heterocycles. The molecule has 0 amide bonds. The van der Waals surface area contributed by atoms with Crippen molar-refractivity contribution in [3.63, 3.8) is 0 Å². The van der Waals surface area contributed by atoms with Gasteiger partial charge < -0.3 is 0 Å². The maximum absolute atomic E-state index is 11.2. The second-order valence-electron chi connectivity index (χ2n) is 2.29. The zero-order chi connectivity index (χ0) is 8.27. The number of hydrogen-bond donors (Lipinski definition) is 0. The average molecular weight is 258 g/mol. The topological polar surface area (TPSA) is 17.1 Å². The highest BCUT2D eigenvalue weighted by molar-refractivity contribution is 14.1. The predicted molar refractivity (Wildman–Crippen MR) is 56.8 cm³/mol. The molecule has 0 heterocycles. The maximum Gasteiger partial charge on any atom is 0.155 e. The lowest BCUT2D eigenvalue weighted by Crippen LogP contribution is -1.96. The fraction of sp³-hybridized carbons (Fsp3) is 0.125. The molecule has 3 heteroatoms. The van der Waals surface area contributed by atoms with Gasteiger partial charge in [-0.3, -0.25) is 4.79 Å². The van der Waals surface area contributed by atoms with Gasteiger partial charge in [0.05, 0.1) is 0 Å². The molecule has 1 rings (SSSR count). The summed E-state index contributed by atoms with van der Waals surface area (Å²) in [5.41, 5.74) is 0.819. The minimum atomic E-state index is 0.212. The number of hydrogen-bond acceptors (Lipinski definition) is 1. The molecule has 0 fully saturated rings. The van der Waals surface area contributed by atoms with E-state index in [4.69, 9.17) is 0 Å². The Kier molecular flexibility index (Phi) is 3.11. The van der Waals surface area contributed by atoms with E-state index in [1.54, 1.807) is 0 Å². The van der Waals surface area contributed by atoms with Crippen LogP contribution >= 0.6 is 22.6 Å². The molecule has 0 aliphatic rings. The highest BCUT2D eigenvalue weighted by atomic mass is 127. The lowest BCUT2D eigenvalue weighted by molar-refractivity contribution is 0.101. The molecule has 1 nitrogen and oxygen atoms in total. The first-order chi connectivity index (χ1) is 5.24. The smallest absolute Gasteiger partial charge is 0.155 e. The van der Waals surface area contributed by atoms with Crippen molar-refractivity contribution in [1.82, 2.24) is 0 Å². The summed E-state index contributed by atoms with van der Waals surface area (Å²) in [5.74, 6) is 0.212. The van der Waals surface area contributed by atoms with E-state index < -0.39 is 0 Å². The van der Waals surface area contributed by atoms with Crippen LogP contribution < -0.4 is 0 Å². The van der Waals surface area contributed by atoms with Gasteiger partial charge in [-0.2, -0.15) is 0 Å². The summed E-state index contributed by atoms with van der Waals surface area (Å²) in [7, 11) is 1.88. The molecule has 0 saturated carbocycles. The Morgan fingerprint density at radius 2 is 2.27 bits per heavy atom. The number of carbonyl (C=O) groups excluding carboxylic acids is 1. The number of halogens is 1. The van der Waals surface area contributed by atoms with Crippen LogP contribution in [0.1, 0.15) is 10.4 Å². The fourth-order valence-electron chi connectivity index (χ4n) is 0.866. The Morgan fingerprint density at radius 1 is 1.55 bits per heavy atom. The second kappa shape index (κ2) is 3.90. The van der Waals surface area contributed by atoms with Crippen LogP contribution in [-0.2, 0) is 0 Å². The van der Waals surface area contributed by atoms with Crippen LogP contribution in [0.15, 0.2) is 24.3 Å². The van der Waals surface area contributed by atoms with Crippen LogP contribution in [0.25, 0.3) is 0 Å². The first-order valence-corrected chi connectivity index (χ1v) is 4.60. The van der Waals surface area contributed by atoms with E-state index in [9.17, 15) is 4.79 Å². The summed E-state index contributed by atoms with van der Waals surface area (Å²) >= 11 is 2.20. The monoisotopic (exact) mass is 258 g/mol. The highest BCUT2D eigenvalue weighted by Gasteiger charge is 2.01. The van der Waals surface area contributed by atoms with Gasteiger partial charge in [0.25, 0.3) is 0 Å². The molecule has 0 aromatic heterocycles. The molecular weight excluding hydrogens is 250 g/mol. The second-order valence-corrected chi connectivity index (χ2v) is 3.53. The van der Waals surface area contributed by atoms with Crippen molar-refractivity contribution >= 4 is 36.2 Å². The van der Waals surface area contributed by atoms with Crippen LogP contribution in [0.5, 0.6) is 0 Å². The quantitative estimate of drug-likeness (QED) is 0.446. The lowest BCUT2D eigenvalue weighted by Gasteiger charge is -1.96. The molecule has 0 N–H and O–H groups in total. The predicted octanol–water partition coefficient (Wildman–Crippen LogP) is 1.53. The summed E-state index contributed by atoms with van der Waals surface area (Å²) in [6.45, 7) is 0. The third-order valence-corrected chi connectivity index (χ3v) is 2.14. The Morgan fingerprint density at radius 3 is 2.82 bits per heavy atom. The van der Waals surface area contributed by atoms with Gasteiger partial charge in [0.15, 0.2) is 5.78 Å². The van der Waals surface area contributed by atoms with Crippen LogP contribution in [0, 0.1) is 3.57 Å². The molecule has 0 bridgehead atoms. The summed E-state index contributed by atoms with van der Waals surface area (Å²) in [5, 5.41) is 0. The van der Waals surface area contributed by atoms with Gasteiger partial charge >= 0.3 is 0 Å². The minimum Gasteiger partial charge on any atom is -0.295 e. The summed E-state index contributed by atoms with van der Waals surface area (Å²) in [4.78, 5) is 11.2. The molecule has 0 unspecified atom stereocenters. The molecule has 0 spiro atoms. The van der Waals surface area contributed by atoms with Crippen molar-refractivity contribution in [1.29, 1.82) is 0 Å². The van der Waals surface area contributed by atoms with Crippen molar-refractivity contribution in [2.45, 2.75) is 6.32 Å². The third-order valence-electron chi connectivity index (χ3n) is 1.47. The standard InChI is InChI=1S/C8H8BIO/c9-5-8(11)6-2-1-3-7(10)4-6/h1-4H,5,9H2. The minimum absolute atomic E-state index is 0.212. The van der Waals surface area contributed by atoms with Crippen molar-refractivity contribution in [3.8, 4) is 0 Å². The zero-order valence-corrected chi connectivity index (χ0v) is 8.46. The van der Waals surface area contributed by atoms with E-state index in [0.717, 1.165) is 9.13 Å². The first kappa shape index (κ1) is 8.78. The largest absolute Gasteiger partial charge is 0.295 e. The van der Waals surface area contributed by atoms with Crippen molar-refractivity contribution < 1.29 is 4.79 Å². The molecule has 0 atom stereocenters. The summed E-state index contributed by atoms with van der Waals surface area (Å²) < 4.78 is 1.11. The van der Waals surface area contributed by atoms with E-state index >= 15 is 0 Å². The summed E-state index contributed by atoms with van der Waals surface area (Å²) in [6.07, 6.45) is 0.583. The molecule has 0 saturated heterocycles. The van der Waals surface area contributed by atoms with Crippen LogP contribution in [-0.4, -0.2) is 13.6 Å². The van der Waals surface area contributed by atoms with Crippen molar-refractivity contribution in [2.75, 3.05) is 0 Å². The maximum atomic E-state index is 11.2. The Hall–Kier alpha value is -0.315. The SMILES string of the molecule is BCC(=O)c1cccc(I)c1. The number of Topliss-reactive ketones (excluding diaryl/α,β-unsaturated/α-hetero) is 1. The fourth-order valence-corrected chi connectivity index (χ4v) is 1.41. The van der Waals surface area contributed by atoms with Crippen molar-refractivity contribution in [2.24, 2.45) is 0 Å². The average Bonchev–Trinajstić information content (AvgIpc) is 2.03. The Balaban J connectivity index is 2.96. The summed E-state index contributed by atoms with van der Waals surface area (Å²) in [6, 6.07) is 7.65. The van der Waals surface area contributed by atoms with Gasteiger partial charge in [0, 0.05) is 9.13 Å². The molecule has 1 aromatic carbocycles.